The van der Waals surface area contributed by atoms with Gasteiger partial charge in [-0.3, -0.25) is 9.78 Å². The second kappa shape index (κ2) is 7.84. The highest BCUT2D eigenvalue weighted by atomic mass is 35.5. The van der Waals surface area contributed by atoms with Crippen molar-refractivity contribution < 1.29 is 13.9 Å². The molecule has 0 aliphatic carbocycles. The lowest BCUT2D eigenvalue weighted by Crippen LogP contribution is -2.17. The fraction of sp³-hybridized carbons (Fsp3) is 0.105. The molecular weight excluding hydrogens is 354 g/mol. The Balaban J connectivity index is 1.66. The first-order chi connectivity index (χ1) is 12.6. The second-order valence-corrected chi connectivity index (χ2v) is 5.85. The van der Waals surface area contributed by atoms with Gasteiger partial charge in [-0.1, -0.05) is 11.6 Å². The lowest BCUT2D eigenvalue weighted by atomic mass is 10.2. The van der Waals surface area contributed by atoms with Gasteiger partial charge in [0.2, 0.25) is 0 Å². The molecule has 7 heteroatoms. The Labute approximate surface area is 155 Å². The van der Waals surface area contributed by atoms with Gasteiger partial charge in [-0.05, 0) is 49.4 Å². The van der Waals surface area contributed by atoms with Crippen molar-refractivity contribution in [1.29, 1.82) is 0 Å². The van der Waals surface area contributed by atoms with Crippen LogP contribution in [-0.4, -0.2) is 24.2 Å². The summed E-state index contributed by atoms with van der Waals surface area (Å²) in [6.07, 6.45) is 2.92. The van der Waals surface area contributed by atoms with E-state index in [2.05, 4.69) is 15.5 Å². The number of rotatable bonds is 5. The largest absolute Gasteiger partial charge is 0.495 e. The SMILES string of the molecule is COc1ccc(-c2ccc(/C=N/NC(=O)c3ccc(C)nc3)o2)cc1Cl. The molecule has 1 amide bonds. The van der Waals surface area contributed by atoms with Gasteiger partial charge in [0.1, 0.15) is 17.3 Å². The van der Waals surface area contributed by atoms with Crippen LogP contribution in [0.25, 0.3) is 11.3 Å². The fourth-order valence-electron chi connectivity index (χ4n) is 2.22. The van der Waals surface area contributed by atoms with E-state index >= 15 is 0 Å². The number of hydrogen-bond acceptors (Lipinski definition) is 5. The van der Waals surface area contributed by atoms with Crippen LogP contribution in [0.3, 0.4) is 0 Å². The molecular formula is C19H16ClN3O3. The van der Waals surface area contributed by atoms with Crippen LogP contribution >= 0.6 is 11.6 Å². The van der Waals surface area contributed by atoms with Gasteiger partial charge in [-0.2, -0.15) is 5.10 Å². The van der Waals surface area contributed by atoms with Crippen LogP contribution in [0.1, 0.15) is 21.8 Å². The van der Waals surface area contributed by atoms with Crippen molar-refractivity contribution in [2.75, 3.05) is 7.11 Å². The van der Waals surface area contributed by atoms with E-state index < -0.39 is 0 Å². The molecule has 0 saturated heterocycles. The van der Waals surface area contributed by atoms with Crippen molar-refractivity contribution in [2.24, 2.45) is 5.10 Å². The number of ether oxygens (including phenoxy) is 1. The molecule has 1 N–H and O–H groups in total. The third kappa shape index (κ3) is 4.10. The van der Waals surface area contributed by atoms with Crippen molar-refractivity contribution >= 4 is 23.7 Å². The maximum atomic E-state index is 11.9. The number of nitrogens with one attached hydrogen (secondary N) is 1. The summed E-state index contributed by atoms with van der Waals surface area (Å²) >= 11 is 6.13. The number of benzene rings is 1. The number of carbonyl (C=O) groups excluding carboxylic acids is 1. The number of nitrogens with zero attached hydrogens (tertiary/aromatic N) is 2. The zero-order chi connectivity index (χ0) is 18.5. The fourth-order valence-corrected chi connectivity index (χ4v) is 2.48. The Bertz CT molecular complexity index is 949. The molecule has 0 unspecified atom stereocenters. The minimum atomic E-state index is -0.345. The standard InChI is InChI=1S/C19H16ClN3O3/c1-12-3-4-14(10-21-12)19(24)23-22-11-15-6-8-17(26-15)13-5-7-18(25-2)16(20)9-13/h3-11H,1-2H3,(H,23,24)/b22-11+. The van der Waals surface area contributed by atoms with Crippen LogP contribution in [-0.2, 0) is 0 Å². The highest BCUT2D eigenvalue weighted by Crippen LogP contribution is 2.30. The third-order valence-electron chi connectivity index (χ3n) is 3.59. The first kappa shape index (κ1) is 17.7. The molecule has 2 aromatic heterocycles. The molecule has 6 nitrogen and oxygen atoms in total. The molecule has 3 aromatic rings. The molecule has 0 radical (unpaired) electrons. The number of aryl methyl sites for hydroxylation is 1. The maximum absolute atomic E-state index is 11.9. The predicted molar refractivity (Wildman–Crippen MR) is 99.7 cm³/mol. The molecule has 0 spiro atoms. The van der Waals surface area contributed by atoms with E-state index in [1.165, 1.54) is 12.4 Å². The highest BCUT2D eigenvalue weighted by molar-refractivity contribution is 6.32. The number of hydrazone groups is 1. The predicted octanol–water partition coefficient (Wildman–Crippen LogP) is 4.08. The normalized spacial score (nSPS) is 10.9. The second-order valence-electron chi connectivity index (χ2n) is 5.44. The minimum Gasteiger partial charge on any atom is -0.495 e. The molecule has 0 aliphatic rings. The average molecular weight is 370 g/mol. The smallest absolute Gasteiger partial charge is 0.272 e. The van der Waals surface area contributed by atoms with Gasteiger partial charge >= 0.3 is 0 Å². The van der Waals surface area contributed by atoms with Gasteiger partial charge in [0.15, 0.2) is 0 Å². The molecule has 0 atom stereocenters. The monoisotopic (exact) mass is 369 g/mol. The molecule has 26 heavy (non-hydrogen) atoms. The van der Waals surface area contributed by atoms with Crippen LogP contribution in [0.4, 0.5) is 0 Å². The number of pyridine rings is 1. The van der Waals surface area contributed by atoms with E-state index in [1.807, 2.05) is 13.0 Å². The molecule has 0 bridgehead atoms. The number of amides is 1. The Hall–Kier alpha value is -3.12. The van der Waals surface area contributed by atoms with E-state index in [4.69, 9.17) is 20.8 Å². The summed E-state index contributed by atoms with van der Waals surface area (Å²) in [5, 5.41) is 4.40. The van der Waals surface area contributed by atoms with Gasteiger partial charge in [0, 0.05) is 17.5 Å². The molecule has 0 fully saturated rings. The summed E-state index contributed by atoms with van der Waals surface area (Å²) in [5.41, 5.74) is 4.51. The summed E-state index contributed by atoms with van der Waals surface area (Å²) in [6.45, 7) is 1.85. The minimum absolute atomic E-state index is 0.345. The van der Waals surface area contributed by atoms with Crippen LogP contribution in [0, 0.1) is 6.92 Å². The first-order valence-corrected chi connectivity index (χ1v) is 8.14. The van der Waals surface area contributed by atoms with Gasteiger partial charge < -0.3 is 9.15 Å². The van der Waals surface area contributed by atoms with Crippen LogP contribution < -0.4 is 10.2 Å². The van der Waals surface area contributed by atoms with Crippen LogP contribution in [0.5, 0.6) is 5.75 Å². The molecule has 0 saturated carbocycles. The molecule has 132 valence electrons. The lowest BCUT2D eigenvalue weighted by molar-refractivity contribution is 0.0954. The summed E-state index contributed by atoms with van der Waals surface area (Å²) in [5.74, 6) is 1.37. The zero-order valence-corrected chi connectivity index (χ0v) is 14.9. The molecule has 0 aliphatic heterocycles. The Morgan fingerprint density at radius 3 is 2.81 bits per heavy atom. The van der Waals surface area contributed by atoms with Gasteiger partial charge in [0.05, 0.1) is 23.9 Å². The van der Waals surface area contributed by atoms with Crippen LogP contribution in [0.2, 0.25) is 5.02 Å². The van der Waals surface area contributed by atoms with Crippen molar-refractivity contribution in [3.8, 4) is 17.1 Å². The Morgan fingerprint density at radius 1 is 1.27 bits per heavy atom. The number of furan rings is 1. The van der Waals surface area contributed by atoms with E-state index in [0.717, 1.165) is 11.3 Å². The third-order valence-corrected chi connectivity index (χ3v) is 3.89. The summed E-state index contributed by atoms with van der Waals surface area (Å²) < 4.78 is 10.8. The summed E-state index contributed by atoms with van der Waals surface area (Å²) in [4.78, 5) is 16.0. The number of carbonyl (C=O) groups is 1. The van der Waals surface area contributed by atoms with Gasteiger partial charge in [-0.15, -0.1) is 0 Å². The average Bonchev–Trinajstić information content (AvgIpc) is 3.11. The Kier molecular flexibility index (Phi) is 5.34. The number of halogens is 1. The quantitative estimate of drug-likeness (QED) is 0.543. The van der Waals surface area contributed by atoms with E-state index in [1.54, 1.807) is 43.5 Å². The first-order valence-electron chi connectivity index (χ1n) is 7.76. The van der Waals surface area contributed by atoms with Gasteiger partial charge in [-0.25, -0.2) is 5.43 Å². The maximum Gasteiger partial charge on any atom is 0.272 e. The number of aromatic nitrogens is 1. The van der Waals surface area contributed by atoms with Crippen molar-refractivity contribution in [1.82, 2.24) is 10.4 Å². The summed E-state index contributed by atoms with van der Waals surface area (Å²) in [6, 6.07) is 12.4. The van der Waals surface area contributed by atoms with E-state index in [9.17, 15) is 4.79 Å². The van der Waals surface area contributed by atoms with Crippen molar-refractivity contribution in [3.05, 3.63) is 70.7 Å². The number of methoxy groups -OCH3 is 1. The van der Waals surface area contributed by atoms with Gasteiger partial charge in [0.25, 0.3) is 5.91 Å². The molecule has 3 rings (SSSR count). The number of hydrogen-bond donors (Lipinski definition) is 1. The Morgan fingerprint density at radius 2 is 2.12 bits per heavy atom. The molecule has 1 aromatic carbocycles. The van der Waals surface area contributed by atoms with E-state index in [-0.39, 0.29) is 5.91 Å². The van der Waals surface area contributed by atoms with Crippen molar-refractivity contribution in [2.45, 2.75) is 6.92 Å². The highest BCUT2D eigenvalue weighted by Gasteiger charge is 2.08. The zero-order valence-electron chi connectivity index (χ0n) is 14.2. The van der Waals surface area contributed by atoms with Crippen molar-refractivity contribution in [3.63, 3.8) is 0 Å². The lowest BCUT2D eigenvalue weighted by Gasteiger charge is -2.04. The van der Waals surface area contributed by atoms with Crippen LogP contribution in [0.15, 0.2) is 58.2 Å². The van der Waals surface area contributed by atoms with E-state index in [0.29, 0.717) is 27.9 Å². The molecule has 2 heterocycles. The summed E-state index contributed by atoms with van der Waals surface area (Å²) in [7, 11) is 1.56. The topological polar surface area (TPSA) is 76.7 Å².